The van der Waals surface area contributed by atoms with Crippen molar-refractivity contribution in [1.29, 1.82) is 0 Å². The van der Waals surface area contributed by atoms with E-state index in [9.17, 15) is 0 Å². The van der Waals surface area contributed by atoms with Gasteiger partial charge in [-0.05, 0) is 34.1 Å². The summed E-state index contributed by atoms with van der Waals surface area (Å²) in [6, 6.07) is 0.967. The highest BCUT2D eigenvalue weighted by atomic mass is 28.4. The molecule has 0 aliphatic carbocycles. The van der Waals surface area contributed by atoms with Gasteiger partial charge in [0.1, 0.15) is 0 Å². The number of hydrogen-bond donors (Lipinski definition) is 1. The monoisotopic (exact) mass is 322 g/mol. The van der Waals surface area contributed by atoms with Gasteiger partial charge in [0.25, 0.3) is 0 Å². The third-order valence-electron chi connectivity index (χ3n) is 2.93. The molecule has 0 saturated heterocycles. The maximum atomic E-state index is 7.57. The van der Waals surface area contributed by atoms with Gasteiger partial charge in [-0.25, -0.2) is 0 Å². The first-order valence-electron chi connectivity index (χ1n) is 8.68. The Morgan fingerprint density at radius 1 is 0.667 bits per heavy atom. The molecule has 0 aromatic carbocycles. The van der Waals surface area contributed by atoms with E-state index in [1.165, 1.54) is 32.1 Å². The molecule has 0 aromatic rings. The molecule has 0 saturated carbocycles. The van der Waals surface area contributed by atoms with Gasteiger partial charge in [-0.2, -0.15) is 0 Å². The molecule has 0 aliphatic heterocycles. The van der Waals surface area contributed by atoms with Crippen LogP contribution in [-0.4, -0.2) is 40.3 Å². The summed E-state index contributed by atoms with van der Waals surface area (Å²) in [7, 11) is -2.36. The number of hydrogen-bond acceptors (Lipinski definition) is 4. The van der Waals surface area contributed by atoms with Gasteiger partial charge >= 0.3 is 8.80 Å². The van der Waals surface area contributed by atoms with Gasteiger partial charge in [-0.1, -0.05) is 39.0 Å². The lowest BCUT2D eigenvalue weighted by atomic mass is 10.1. The molecule has 130 valence electrons. The molecule has 0 fully saturated rings. The average Bonchev–Trinajstić information content (AvgIpc) is 2.44. The van der Waals surface area contributed by atoms with E-state index in [4.69, 9.17) is 18.4 Å². The van der Waals surface area contributed by atoms with Crippen LogP contribution in [0, 0.1) is 0 Å². The quantitative estimate of drug-likeness (QED) is 0.403. The lowest BCUT2D eigenvalue weighted by molar-refractivity contribution is 0.0706. The highest BCUT2D eigenvalue weighted by Gasteiger charge is 2.39. The van der Waals surface area contributed by atoms with Crippen molar-refractivity contribution >= 4 is 8.80 Å². The van der Waals surface area contributed by atoms with Crippen molar-refractivity contribution in [2.24, 2.45) is 0 Å². The Morgan fingerprint density at radius 2 is 1.05 bits per heavy atom. The molecule has 0 atom stereocenters. The SMILES string of the molecule is CCCCCCCC[Si](OCC)(OCC)OCC.CCO. The zero-order valence-electron chi connectivity index (χ0n) is 15.0. The summed E-state index contributed by atoms with van der Waals surface area (Å²) in [5.41, 5.74) is 0. The first-order chi connectivity index (χ1) is 10.2. The number of unbranched alkanes of at least 4 members (excludes halogenated alkanes) is 5. The van der Waals surface area contributed by atoms with E-state index in [2.05, 4.69) is 6.92 Å². The van der Waals surface area contributed by atoms with Gasteiger partial charge in [-0.15, -0.1) is 0 Å². The summed E-state index contributed by atoms with van der Waals surface area (Å²) in [5.74, 6) is 0. The number of aliphatic hydroxyl groups is 1. The fraction of sp³-hybridized carbons (Fsp3) is 1.00. The van der Waals surface area contributed by atoms with Gasteiger partial charge in [0.15, 0.2) is 0 Å². The molecule has 4 nitrogen and oxygen atoms in total. The Bertz CT molecular complexity index is 174. The van der Waals surface area contributed by atoms with Crippen molar-refractivity contribution in [2.75, 3.05) is 26.4 Å². The standard InChI is InChI=1S/C14H32O3Si.C2H6O/c1-5-9-10-11-12-13-14-18(15-6-2,16-7-3)17-8-4;1-2-3/h5-14H2,1-4H3;3H,2H2,1H3. The van der Waals surface area contributed by atoms with Crippen LogP contribution in [-0.2, 0) is 13.3 Å². The van der Waals surface area contributed by atoms with E-state index in [1.807, 2.05) is 20.8 Å². The fourth-order valence-electron chi connectivity index (χ4n) is 2.12. The van der Waals surface area contributed by atoms with Gasteiger partial charge in [0.05, 0.1) is 0 Å². The van der Waals surface area contributed by atoms with Crippen LogP contribution in [0.5, 0.6) is 0 Å². The summed E-state index contributed by atoms with van der Waals surface area (Å²) in [5, 5.41) is 7.57. The smallest absolute Gasteiger partial charge is 0.397 e. The van der Waals surface area contributed by atoms with E-state index in [0.717, 1.165) is 12.5 Å². The Hall–Kier alpha value is 0.0569. The van der Waals surface area contributed by atoms with Gasteiger partial charge < -0.3 is 18.4 Å². The van der Waals surface area contributed by atoms with Gasteiger partial charge in [-0.3, -0.25) is 0 Å². The Labute approximate surface area is 133 Å². The molecule has 0 aromatic heterocycles. The van der Waals surface area contributed by atoms with Crippen LogP contribution in [0.2, 0.25) is 6.04 Å². The topological polar surface area (TPSA) is 47.9 Å². The minimum atomic E-state index is -2.36. The minimum absolute atomic E-state index is 0.250. The van der Waals surface area contributed by atoms with E-state index < -0.39 is 8.80 Å². The van der Waals surface area contributed by atoms with Crippen LogP contribution in [0.15, 0.2) is 0 Å². The van der Waals surface area contributed by atoms with Crippen LogP contribution in [0.1, 0.15) is 73.1 Å². The van der Waals surface area contributed by atoms with Crippen LogP contribution >= 0.6 is 0 Å². The maximum Gasteiger partial charge on any atom is 0.500 e. The molecule has 5 heteroatoms. The van der Waals surface area contributed by atoms with Crippen LogP contribution in [0.3, 0.4) is 0 Å². The largest absolute Gasteiger partial charge is 0.500 e. The van der Waals surface area contributed by atoms with Crippen molar-refractivity contribution in [3.05, 3.63) is 0 Å². The molecule has 0 radical (unpaired) electrons. The van der Waals surface area contributed by atoms with E-state index in [-0.39, 0.29) is 6.61 Å². The number of rotatable bonds is 13. The second-order valence-corrected chi connectivity index (χ2v) is 7.55. The summed E-state index contributed by atoms with van der Waals surface area (Å²) < 4.78 is 17.5. The van der Waals surface area contributed by atoms with Crippen LogP contribution in [0.4, 0.5) is 0 Å². The second-order valence-electron chi connectivity index (χ2n) is 4.82. The maximum absolute atomic E-state index is 7.57. The predicted octanol–water partition coefficient (Wildman–Crippen LogP) is 4.39. The summed E-state index contributed by atoms with van der Waals surface area (Å²) in [4.78, 5) is 0. The zero-order valence-corrected chi connectivity index (χ0v) is 16.0. The average molecular weight is 323 g/mol. The van der Waals surface area contributed by atoms with Gasteiger partial charge in [0, 0.05) is 32.5 Å². The minimum Gasteiger partial charge on any atom is -0.397 e. The molecule has 0 aliphatic rings. The van der Waals surface area contributed by atoms with Crippen molar-refractivity contribution < 1.29 is 18.4 Å². The Kier molecular flexibility index (Phi) is 20.1. The molecular formula is C16H38O4Si. The molecular weight excluding hydrogens is 284 g/mol. The highest BCUT2D eigenvalue weighted by Crippen LogP contribution is 2.20. The third-order valence-corrected chi connectivity index (χ3v) is 6.08. The second kappa shape index (κ2) is 18.1. The van der Waals surface area contributed by atoms with Crippen LogP contribution < -0.4 is 0 Å². The van der Waals surface area contributed by atoms with Crippen molar-refractivity contribution in [2.45, 2.75) is 79.2 Å². The number of aliphatic hydroxyl groups excluding tert-OH is 1. The van der Waals surface area contributed by atoms with Gasteiger partial charge in [0.2, 0.25) is 0 Å². The van der Waals surface area contributed by atoms with Crippen molar-refractivity contribution in [1.82, 2.24) is 0 Å². The molecule has 0 unspecified atom stereocenters. The van der Waals surface area contributed by atoms with Crippen molar-refractivity contribution in [3.63, 3.8) is 0 Å². The summed E-state index contributed by atoms with van der Waals surface area (Å²) in [6.07, 6.45) is 7.75. The van der Waals surface area contributed by atoms with Crippen LogP contribution in [0.25, 0.3) is 0 Å². The van der Waals surface area contributed by atoms with E-state index >= 15 is 0 Å². The first kappa shape index (κ1) is 23.3. The molecule has 0 bridgehead atoms. The highest BCUT2D eigenvalue weighted by molar-refractivity contribution is 6.60. The molecule has 0 rings (SSSR count). The first-order valence-corrected chi connectivity index (χ1v) is 10.6. The molecule has 0 amide bonds. The molecule has 1 N–H and O–H groups in total. The summed E-state index contributed by atoms with van der Waals surface area (Å²) >= 11 is 0. The Balaban J connectivity index is 0. The fourth-order valence-corrected chi connectivity index (χ4v) is 4.81. The molecule has 0 heterocycles. The Morgan fingerprint density at radius 3 is 1.43 bits per heavy atom. The molecule has 21 heavy (non-hydrogen) atoms. The van der Waals surface area contributed by atoms with E-state index in [1.54, 1.807) is 6.92 Å². The predicted molar refractivity (Wildman–Crippen MR) is 91.6 cm³/mol. The summed E-state index contributed by atoms with van der Waals surface area (Å²) in [6.45, 7) is 12.3. The lowest BCUT2D eigenvalue weighted by Crippen LogP contribution is -2.45. The zero-order chi connectivity index (χ0) is 16.4. The lowest BCUT2D eigenvalue weighted by Gasteiger charge is -2.28. The van der Waals surface area contributed by atoms with Crippen molar-refractivity contribution in [3.8, 4) is 0 Å². The third kappa shape index (κ3) is 14.7. The van der Waals surface area contributed by atoms with E-state index in [0.29, 0.717) is 19.8 Å². The molecule has 0 spiro atoms. The normalized spacial score (nSPS) is 11.1.